The van der Waals surface area contributed by atoms with Crippen LogP contribution in [-0.2, 0) is 9.59 Å². The van der Waals surface area contributed by atoms with Crippen LogP contribution in [0.5, 0.6) is 0 Å². The van der Waals surface area contributed by atoms with E-state index in [2.05, 4.69) is 12.2 Å². The van der Waals surface area contributed by atoms with Crippen molar-refractivity contribution in [2.45, 2.75) is 72.0 Å². The Balaban J connectivity index is 3.17. The summed E-state index contributed by atoms with van der Waals surface area (Å²) in [6.45, 7) is 12.0. The SMILES string of the molecule is CCC1NC(=O)C(C(C)C)N(C(C)(C)CC)C1=O. The van der Waals surface area contributed by atoms with E-state index in [1.54, 1.807) is 0 Å². The van der Waals surface area contributed by atoms with Crippen LogP contribution in [0.15, 0.2) is 0 Å². The van der Waals surface area contributed by atoms with Crippen LogP contribution in [-0.4, -0.2) is 34.3 Å². The van der Waals surface area contributed by atoms with Gasteiger partial charge in [-0.25, -0.2) is 0 Å². The molecule has 18 heavy (non-hydrogen) atoms. The molecule has 0 radical (unpaired) electrons. The highest BCUT2D eigenvalue weighted by molar-refractivity contribution is 5.97. The van der Waals surface area contributed by atoms with Gasteiger partial charge in [0.1, 0.15) is 12.1 Å². The third-order valence-electron chi connectivity index (χ3n) is 3.96. The highest BCUT2D eigenvalue weighted by Crippen LogP contribution is 2.29. The number of piperazine rings is 1. The van der Waals surface area contributed by atoms with Gasteiger partial charge in [0.25, 0.3) is 0 Å². The Morgan fingerprint density at radius 3 is 2.22 bits per heavy atom. The van der Waals surface area contributed by atoms with Crippen molar-refractivity contribution in [1.29, 1.82) is 0 Å². The molecular formula is C14H26N2O2. The molecule has 0 aromatic heterocycles. The second-order valence-corrected chi connectivity index (χ2v) is 6.03. The van der Waals surface area contributed by atoms with Crippen molar-refractivity contribution in [1.82, 2.24) is 10.2 Å². The summed E-state index contributed by atoms with van der Waals surface area (Å²) in [5.74, 6) is 0.165. The monoisotopic (exact) mass is 254 g/mol. The summed E-state index contributed by atoms with van der Waals surface area (Å²) in [7, 11) is 0. The lowest BCUT2D eigenvalue weighted by Crippen LogP contribution is -2.69. The molecular weight excluding hydrogens is 228 g/mol. The van der Waals surface area contributed by atoms with Crippen LogP contribution in [0.25, 0.3) is 0 Å². The van der Waals surface area contributed by atoms with Crippen LogP contribution in [0.2, 0.25) is 0 Å². The number of nitrogens with zero attached hydrogens (tertiary/aromatic N) is 1. The average Bonchev–Trinajstić information content (AvgIpc) is 2.30. The molecule has 2 amide bonds. The van der Waals surface area contributed by atoms with E-state index in [1.807, 2.05) is 39.5 Å². The number of hydrogen-bond donors (Lipinski definition) is 1. The van der Waals surface area contributed by atoms with Crippen molar-refractivity contribution in [3.05, 3.63) is 0 Å². The molecule has 1 fully saturated rings. The maximum atomic E-state index is 12.5. The summed E-state index contributed by atoms with van der Waals surface area (Å²) >= 11 is 0. The molecule has 2 atom stereocenters. The van der Waals surface area contributed by atoms with Gasteiger partial charge in [0.05, 0.1) is 0 Å². The average molecular weight is 254 g/mol. The van der Waals surface area contributed by atoms with Crippen molar-refractivity contribution in [3.63, 3.8) is 0 Å². The molecule has 2 unspecified atom stereocenters. The Labute approximate surface area is 110 Å². The van der Waals surface area contributed by atoms with Gasteiger partial charge in [-0.05, 0) is 32.6 Å². The molecule has 0 aliphatic carbocycles. The first-order valence-electron chi connectivity index (χ1n) is 6.89. The third-order valence-corrected chi connectivity index (χ3v) is 3.96. The molecule has 1 aliphatic rings. The molecule has 1 aliphatic heterocycles. The van der Waals surface area contributed by atoms with E-state index in [9.17, 15) is 9.59 Å². The molecule has 0 saturated carbocycles. The van der Waals surface area contributed by atoms with Crippen LogP contribution in [0.1, 0.15) is 54.4 Å². The Morgan fingerprint density at radius 2 is 1.83 bits per heavy atom. The van der Waals surface area contributed by atoms with Gasteiger partial charge in [0.15, 0.2) is 0 Å². The maximum Gasteiger partial charge on any atom is 0.246 e. The number of rotatable bonds is 4. The minimum Gasteiger partial charge on any atom is -0.343 e. The molecule has 1 N–H and O–H groups in total. The molecule has 0 spiro atoms. The van der Waals surface area contributed by atoms with Gasteiger partial charge in [0, 0.05) is 5.54 Å². The van der Waals surface area contributed by atoms with E-state index in [0.29, 0.717) is 6.42 Å². The number of carbonyl (C=O) groups excluding carboxylic acids is 2. The summed E-state index contributed by atoms with van der Waals surface area (Å²) in [5, 5.41) is 2.84. The zero-order valence-corrected chi connectivity index (χ0v) is 12.4. The van der Waals surface area contributed by atoms with Crippen molar-refractivity contribution in [2.75, 3.05) is 0 Å². The Morgan fingerprint density at radius 1 is 1.28 bits per heavy atom. The Hall–Kier alpha value is -1.06. The minimum atomic E-state index is -0.363. The largest absolute Gasteiger partial charge is 0.343 e. The Kier molecular flexibility index (Phi) is 4.41. The summed E-state index contributed by atoms with van der Waals surface area (Å²) < 4.78 is 0. The standard InChI is InChI=1S/C14H26N2O2/c1-7-10-13(18)16(14(5,6)8-2)11(9(3)4)12(17)15-10/h9-11H,7-8H2,1-6H3,(H,15,17). The molecule has 0 aromatic carbocycles. The molecule has 1 saturated heterocycles. The highest BCUT2D eigenvalue weighted by Gasteiger charge is 2.46. The first-order chi connectivity index (χ1) is 8.26. The quantitative estimate of drug-likeness (QED) is 0.833. The highest BCUT2D eigenvalue weighted by atomic mass is 16.2. The fraction of sp³-hybridized carbons (Fsp3) is 0.857. The van der Waals surface area contributed by atoms with Crippen molar-refractivity contribution in [2.24, 2.45) is 5.92 Å². The van der Waals surface area contributed by atoms with E-state index in [0.717, 1.165) is 6.42 Å². The van der Waals surface area contributed by atoms with Gasteiger partial charge in [0.2, 0.25) is 11.8 Å². The molecule has 4 nitrogen and oxygen atoms in total. The first-order valence-corrected chi connectivity index (χ1v) is 6.89. The van der Waals surface area contributed by atoms with E-state index in [1.165, 1.54) is 0 Å². The second kappa shape index (κ2) is 5.29. The minimum absolute atomic E-state index is 0.0158. The van der Waals surface area contributed by atoms with E-state index in [4.69, 9.17) is 0 Å². The maximum absolute atomic E-state index is 12.5. The second-order valence-electron chi connectivity index (χ2n) is 6.03. The van der Waals surface area contributed by atoms with Crippen molar-refractivity contribution < 1.29 is 9.59 Å². The lowest BCUT2D eigenvalue weighted by Gasteiger charge is -2.49. The summed E-state index contributed by atoms with van der Waals surface area (Å²) in [6, 6.07) is -0.714. The topological polar surface area (TPSA) is 49.4 Å². The van der Waals surface area contributed by atoms with Crippen LogP contribution in [0, 0.1) is 5.92 Å². The Bertz CT molecular complexity index is 337. The van der Waals surface area contributed by atoms with Gasteiger partial charge in [-0.15, -0.1) is 0 Å². The summed E-state index contributed by atoms with van der Waals surface area (Å²) in [6.07, 6.45) is 1.48. The summed E-state index contributed by atoms with van der Waals surface area (Å²) in [4.78, 5) is 26.6. The van der Waals surface area contributed by atoms with Crippen LogP contribution >= 0.6 is 0 Å². The van der Waals surface area contributed by atoms with Crippen LogP contribution < -0.4 is 5.32 Å². The normalized spacial score (nSPS) is 25.6. The number of nitrogens with one attached hydrogen (secondary N) is 1. The zero-order valence-electron chi connectivity index (χ0n) is 12.4. The lowest BCUT2D eigenvalue weighted by atomic mass is 9.88. The van der Waals surface area contributed by atoms with Crippen LogP contribution in [0.4, 0.5) is 0 Å². The number of carbonyl (C=O) groups is 2. The van der Waals surface area contributed by atoms with E-state index >= 15 is 0 Å². The number of hydrogen-bond acceptors (Lipinski definition) is 2. The van der Waals surface area contributed by atoms with Crippen LogP contribution in [0.3, 0.4) is 0 Å². The third kappa shape index (κ3) is 2.52. The predicted molar refractivity (Wildman–Crippen MR) is 72.1 cm³/mol. The van der Waals surface area contributed by atoms with E-state index in [-0.39, 0.29) is 35.4 Å². The molecule has 1 rings (SSSR count). The fourth-order valence-electron chi connectivity index (χ4n) is 2.46. The molecule has 0 bridgehead atoms. The molecule has 104 valence electrons. The van der Waals surface area contributed by atoms with Gasteiger partial charge in [-0.2, -0.15) is 0 Å². The van der Waals surface area contributed by atoms with Crippen molar-refractivity contribution in [3.8, 4) is 0 Å². The first kappa shape index (κ1) is 15.0. The predicted octanol–water partition coefficient (Wildman–Crippen LogP) is 1.94. The number of amides is 2. The molecule has 1 heterocycles. The molecule has 4 heteroatoms. The van der Waals surface area contributed by atoms with E-state index < -0.39 is 0 Å². The van der Waals surface area contributed by atoms with Crippen molar-refractivity contribution >= 4 is 11.8 Å². The lowest BCUT2D eigenvalue weighted by molar-refractivity contribution is -0.158. The van der Waals surface area contributed by atoms with Gasteiger partial charge in [-0.3, -0.25) is 9.59 Å². The van der Waals surface area contributed by atoms with Gasteiger partial charge >= 0.3 is 0 Å². The zero-order chi connectivity index (χ0) is 14.1. The molecule has 0 aromatic rings. The van der Waals surface area contributed by atoms with Gasteiger partial charge < -0.3 is 10.2 Å². The smallest absolute Gasteiger partial charge is 0.246 e. The summed E-state index contributed by atoms with van der Waals surface area (Å²) in [5.41, 5.74) is -0.281. The van der Waals surface area contributed by atoms with Gasteiger partial charge in [-0.1, -0.05) is 27.7 Å². The fourth-order valence-corrected chi connectivity index (χ4v) is 2.46.